The molecule has 0 aromatic carbocycles. The first-order valence-corrected chi connectivity index (χ1v) is 1.32. The zero-order valence-corrected chi connectivity index (χ0v) is 6.13. The molecule has 0 amide bonds. The second-order valence-corrected chi connectivity index (χ2v) is 0.569. The number of halogens is 1. The summed E-state index contributed by atoms with van der Waals surface area (Å²) in [6.07, 6.45) is 3.64. The van der Waals surface area contributed by atoms with Crippen LogP contribution in [0.2, 0.25) is 0 Å². The maximum atomic E-state index is 3.42. The predicted molar refractivity (Wildman–Crippen MR) is 20.2 cm³/mol. The SMILES string of the molecule is [Br-].[CH2-]/C=C/C.[Ni+2]. The molecule has 0 rings (SSSR count). The number of rotatable bonds is 0. The van der Waals surface area contributed by atoms with Crippen molar-refractivity contribution in [1.82, 2.24) is 0 Å². The molecule has 0 atom stereocenters. The van der Waals surface area contributed by atoms with Crippen molar-refractivity contribution in [3.8, 4) is 0 Å². The molecular weight excluding hydrogens is 187 g/mol. The van der Waals surface area contributed by atoms with Gasteiger partial charge in [0, 0.05) is 0 Å². The molecule has 6 heavy (non-hydrogen) atoms. The molecule has 0 unspecified atom stereocenters. The molecule has 0 radical (unpaired) electrons. The van der Waals surface area contributed by atoms with Crippen molar-refractivity contribution < 1.29 is 33.5 Å². The minimum absolute atomic E-state index is 0. The Bertz CT molecular complexity index is 22.7. The molecular formula is C4H7BrNi. The first-order chi connectivity index (χ1) is 1.91. The Kier molecular flexibility index (Phi) is 46.8. The largest absolute Gasteiger partial charge is 2.00 e. The number of hydrogen-bond donors (Lipinski definition) is 0. The van der Waals surface area contributed by atoms with Gasteiger partial charge in [-0.05, 0) is 0 Å². The average molecular weight is 194 g/mol. The van der Waals surface area contributed by atoms with Gasteiger partial charge in [0.05, 0.1) is 0 Å². The van der Waals surface area contributed by atoms with Gasteiger partial charge in [-0.25, -0.2) is 19.1 Å². The third-order valence-corrected chi connectivity index (χ3v) is 0.236. The fraction of sp³-hybridized carbons (Fsp3) is 0.250. The van der Waals surface area contributed by atoms with Crippen molar-refractivity contribution >= 4 is 0 Å². The van der Waals surface area contributed by atoms with E-state index in [0.717, 1.165) is 0 Å². The fourth-order valence-corrected chi connectivity index (χ4v) is 0. The van der Waals surface area contributed by atoms with Gasteiger partial charge < -0.3 is 17.0 Å². The summed E-state index contributed by atoms with van der Waals surface area (Å²) < 4.78 is 0. The minimum Gasteiger partial charge on any atom is -1.00 e. The average Bonchev–Trinajstić information content (AvgIpc) is 1.37. The summed E-state index contributed by atoms with van der Waals surface area (Å²) in [5.74, 6) is 0. The topological polar surface area (TPSA) is 0 Å². The van der Waals surface area contributed by atoms with Crippen LogP contribution in [0.1, 0.15) is 6.92 Å². The van der Waals surface area contributed by atoms with Crippen molar-refractivity contribution in [3.05, 3.63) is 19.1 Å². The van der Waals surface area contributed by atoms with Crippen LogP contribution in [0.4, 0.5) is 0 Å². The second-order valence-electron chi connectivity index (χ2n) is 0.569. The minimum atomic E-state index is 0. The van der Waals surface area contributed by atoms with Crippen molar-refractivity contribution in [2.24, 2.45) is 0 Å². The third-order valence-electron chi connectivity index (χ3n) is 0.236. The molecule has 0 aliphatic rings. The molecule has 0 saturated carbocycles. The molecule has 0 fully saturated rings. The van der Waals surface area contributed by atoms with Gasteiger partial charge in [-0.15, -0.1) is 6.92 Å². The first-order valence-electron chi connectivity index (χ1n) is 1.32. The van der Waals surface area contributed by atoms with E-state index in [9.17, 15) is 0 Å². The van der Waals surface area contributed by atoms with Gasteiger partial charge in [0.25, 0.3) is 0 Å². The first kappa shape index (κ1) is 16.0. The molecule has 0 aromatic heterocycles. The predicted octanol–water partition coefficient (Wildman–Crippen LogP) is -1.60. The maximum absolute atomic E-state index is 3.42. The Morgan fingerprint density at radius 1 is 1.50 bits per heavy atom. The van der Waals surface area contributed by atoms with Crippen LogP contribution in [0, 0.1) is 6.92 Å². The second kappa shape index (κ2) is 17.6. The molecule has 0 aliphatic heterocycles. The van der Waals surface area contributed by atoms with Gasteiger partial charge >= 0.3 is 16.5 Å². The van der Waals surface area contributed by atoms with E-state index in [2.05, 4.69) is 6.92 Å². The van der Waals surface area contributed by atoms with Crippen LogP contribution in [0.25, 0.3) is 0 Å². The van der Waals surface area contributed by atoms with Gasteiger partial charge in [0.15, 0.2) is 0 Å². The van der Waals surface area contributed by atoms with Crippen LogP contribution in [0.15, 0.2) is 12.2 Å². The maximum Gasteiger partial charge on any atom is 2.00 e. The summed E-state index contributed by atoms with van der Waals surface area (Å²) in [5, 5.41) is 0. The Balaban J connectivity index is -0.0000000450. The zero-order chi connectivity index (χ0) is 3.41. The summed E-state index contributed by atoms with van der Waals surface area (Å²) in [7, 11) is 0. The summed E-state index contributed by atoms with van der Waals surface area (Å²) in [4.78, 5) is 0. The smallest absolute Gasteiger partial charge is 1.00 e. The van der Waals surface area contributed by atoms with Gasteiger partial charge in [-0.2, -0.15) is 0 Å². The van der Waals surface area contributed by atoms with Crippen molar-refractivity contribution in [3.63, 3.8) is 0 Å². The Labute approximate surface area is 59.7 Å². The van der Waals surface area contributed by atoms with Gasteiger partial charge in [-0.3, -0.25) is 0 Å². The monoisotopic (exact) mass is 192 g/mol. The van der Waals surface area contributed by atoms with Gasteiger partial charge in [0.2, 0.25) is 0 Å². The van der Waals surface area contributed by atoms with E-state index >= 15 is 0 Å². The molecule has 2 heteroatoms. The summed E-state index contributed by atoms with van der Waals surface area (Å²) in [6, 6.07) is 0. The van der Waals surface area contributed by atoms with Crippen LogP contribution >= 0.6 is 0 Å². The molecule has 0 heterocycles. The molecule has 0 bridgehead atoms. The Morgan fingerprint density at radius 2 is 1.67 bits per heavy atom. The Hall–Kier alpha value is 0.584. The van der Waals surface area contributed by atoms with E-state index < -0.39 is 0 Å². The standard InChI is InChI=1S/C4H7.BrH.Ni/c1-3-4-2;;/h3-4H,1H2,2H3;1H;/q-1;;+2/p-1/b4-3+;;. The van der Waals surface area contributed by atoms with E-state index in [1.165, 1.54) is 0 Å². The van der Waals surface area contributed by atoms with Crippen LogP contribution in [0.5, 0.6) is 0 Å². The number of allylic oxidation sites excluding steroid dienone is 2. The van der Waals surface area contributed by atoms with E-state index in [1.807, 2.05) is 13.0 Å². The summed E-state index contributed by atoms with van der Waals surface area (Å²) in [6.45, 7) is 5.36. The molecule has 0 nitrogen and oxygen atoms in total. The van der Waals surface area contributed by atoms with E-state index in [4.69, 9.17) is 0 Å². The zero-order valence-electron chi connectivity index (χ0n) is 3.56. The molecule has 0 aliphatic carbocycles. The normalized spacial score (nSPS) is 6.17. The van der Waals surface area contributed by atoms with Crippen molar-refractivity contribution in [2.45, 2.75) is 6.92 Å². The molecule has 0 saturated heterocycles. The van der Waals surface area contributed by atoms with E-state index in [1.54, 1.807) is 6.08 Å². The van der Waals surface area contributed by atoms with Crippen LogP contribution in [-0.2, 0) is 16.5 Å². The molecule has 0 N–H and O–H groups in total. The van der Waals surface area contributed by atoms with E-state index in [0.29, 0.717) is 0 Å². The number of hydrogen-bond acceptors (Lipinski definition) is 0. The van der Waals surface area contributed by atoms with E-state index in [-0.39, 0.29) is 33.5 Å². The summed E-state index contributed by atoms with van der Waals surface area (Å²) >= 11 is 0. The van der Waals surface area contributed by atoms with Crippen molar-refractivity contribution in [1.29, 1.82) is 0 Å². The quantitative estimate of drug-likeness (QED) is 0.321. The molecule has 0 aromatic rings. The molecule has 0 spiro atoms. The third kappa shape index (κ3) is 23.5. The molecule has 40 valence electrons. The van der Waals surface area contributed by atoms with Crippen LogP contribution in [0.3, 0.4) is 0 Å². The van der Waals surface area contributed by atoms with Gasteiger partial charge in [0.1, 0.15) is 0 Å². The van der Waals surface area contributed by atoms with Crippen LogP contribution < -0.4 is 17.0 Å². The van der Waals surface area contributed by atoms with Gasteiger partial charge in [-0.1, -0.05) is 0 Å². The Morgan fingerprint density at radius 3 is 1.67 bits per heavy atom. The van der Waals surface area contributed by atoms with Crippen molar-refractivity contribution in [2.75, 3.05) is 0 Å². The van der Waals surface area contributed by atoms with Crippen LogP contribution in [-0.4, -0.2) is 0 Å². The fourth-order valence-electron chi connectivity index (χ4n) is 0. The summed E-state index contributed by atoms with van der Waals surface area (Å²) in [5.41, 5.74) is 0.